The van der Waals surface area contributed by atoms with Gasteiger partial charge >= 0.3 is 0 Å². The number of aromatic nitrogens is 1. The second-order valence-corrected chi connectivity index (χ2v) is 8.23. The first-order chi connectivity index (χ1) is 15.0. The van der Waals surface area contributed by atoms with Gasteiger partial charge in [-0.05, 0) is 61.2 Å². The second-order valence-electron chi connectivity index (χ2n) is 8.23. The molecule has 0 bridgehead atoms. The van der Waals surface area contributed by atoms with Crippen LogP contribution in [-0.2, 0) is 7.05 Å². The van der Waals surface area contributed by atoms with Gasteiger partial charge in [0.1, 0.15) is 18.2 Å². The van der Waals surface area contributed by atoms with E-state index in [1.807, 2.05) is 18.2 Å². The van der Waals surface area contributed by atoms with Crippen LogP contribution in [0.2, 0.25) is 0 Å². The average Bonchev–Trinajstić information content (AvgIpc) is 3.12. The summed E-state index contributed by atoms with van der Waals surface area (Å²) in [6, 6.07) is 20.8. The van der Waals surface area contributed by atoms with E-state index >= 15 is 0 Å². The SMILES string of the molecule is [C-]#[N+]c1cc(-c2ccc(C)cc2C)c2c(c1)oc1c(-c3cccc[n+]3C)c(C)ccc12. The first kappa shape index (κ1) is 19.1. The van der Waals surface area contributed by atoms with Gasteiger partial charge in [0, 0.05) is 22.9 Å². The lowest BCUT2D eigenvalue weighted by molar-refractivity contribution is -0.660. The van der Waals surface area contributed by atoms with E-state index in [4.69, 9.17) is 11.0 Å². The monoisotopic (exact) mass is 403 g/mol. The van der Waals surface area contributed by atoms with Gasteiger partial charge in [0.2, 0.25) is 5.69 Å². The fourth-order valence-corrected chi connectivity index (χ4v) is 4.55. The number of hydrogen-bond donors (Lipinski definition) is 0. The quantitative estimate of drug-likeness (QED) is 0.225. The lowest BCUT2D eigenvalue weighted by Gasteiger charge is -2.10. The van der Waals surface area contributed by atoms with Crippen LogP contribution in [0.25, 0.3) is 49.2 Å². The van der Waals surface area contributed by atoms with Gasteiger partial charge in [0.05, 0.1) is 12.1 Å². The van der Waals surface area contributed by atoms with Crippen molar-refractivity contribution in [3.05, 3.63) is 95.0 Å². The first-order valence-electron chi connectivity index (χ1n) is 10.4. The predicted octanol–water partition coefficient (Wildman–Crippen LogP) is 7.22. The minimum atomic E-state index is 0.588. The van der Waals surface area contributed by atoms with Crippen molar-refractivity contribution in [1.29, 1.82) is 0 Å². The highest BCUT2D eigenvalue weighted by Crippen LogP contribution is 2.43. The van der Waals surface area contributed by atoms with E-state index in [0.29, 0.717) is 5.69 Å². The summed E-state index contributed by atoms with van der Waals surface area (Å²) in [5, 5.41) is 2.14. The number of furan rings is 1. The Bertz CT molecular complexity index is 1530. The summed E-state index contributed by atoms with van der Waals surface area (Å²) in [5.41, 5.74) is 10.2. The molecule has 0 unspecified atom stereocenters. The van der Waals surface area contributed by atoms with E-state index in [9.17, 15) is 0 Å². The molecular weight excluding hydrogens is 380 g/mol. The summed E-state index contributed by atoms with van der Waals surface area (Å²) in [5.74, 6) is 0. The Balaban J connectivity index is 1.94. The molecule has 0 spiro atoms. The number of rotatable bonds is 2. The zero-order valence-corrected chi connectivity index (χ0v) is 18.2. The number of hydrogen-bond acceptors (Lipinski definition) is 1. The fourth-order valence-electron chi connectivity index (χ4n) is 4.55. The van der Waals surface area contributed by atoms with Crippen LogP contribution in [0.3, 0.4) is 0 Å². The molecule has 0 aliphatic rings. The molecule has 0 aliphatic heterocycles. The van der Waals surface area contributed by atoms with Gasteiger partial charge in [-0.25, -0.2) is 9.41 Å². The summed E-state index contributed by atoms with van der Waals surface area (Å²) in [7, 11) is 2.05. The van der Waals surface area contributed by atoms with Crippen LogP contribution in [0.15, 0.2) is 71.3 Å². The third-order valence-corrected chi connectivity index (χ3v) is 6.05. The summed E-state index contributed by atoms with van der Waals surface area (Å²) in [6.45, 7) is 14.0. The molecule has 5 rings (SSSR count). The molecule has 0 fully saturated rings. The minimum absolute atomic E-state index is 0.588. The van der Waals surface area contributed by atoms with Crippen LogP contribution in [0, 0.1) is 27.3 Å². The Kier molecular flexibility index (Phi) is 4.38. The molecule has 3 aromatic carbocycles. The lowest BCUT2D eigenvalue weighted by atomic mass is 9.93. The molecular formula is C28H23N2O+. The highest BCUT2D eigenvalue weighted by atomic mass is 16.3. The van der Waals surface area contributed by atoms with Crippen molar-refractivity contribution in [2.24, 2.45) is 7.05 Å². The third kappa shape index (κ3) is 3.00. The molecule has 0 saturated heterocycles. The van der Waals surface area contributed by atoms with Gasteiger partial charge in [-0.3, -0.25) is 0 Å². The van der Waals surface area contributed by atoms with Crippen molar-refractivity contribution in [3.8, 4) is 22.4 Å². The summed E-state index contributed by atoms with van der Waals surface area (Å²) < 4.78 is 8.60. The molecule has 2 aromatic heterocycles. The molecule has 0 aliphatic carbocycles. The molecule has 0 radical (unpaired) electrons. The van der Waals surface area contributed by atoms with E-state index in [1.54, 1.807) is 0 Å². The molecule has 31 heavy (non-hydrogen) atoms. The number of benzene rings is 3. The van der Waals surface area contributed by atoms with E-state index in [0.717, 1.165) is 49.9 Å². The predicted molar refractivity (Wildman–Crippen MR) is 126 cm³/mol. The Morgan fingerprint density at radius 1 is 0.871 bits per heavy atom. The van der Waals surface area contributed by atoms with Gasteiger partial charge in [-0.2, -0.15) is 0 Å². The zero-order valence-electron chi connectivity index (χ0n) is 18.2. The van der Waals surface area contributed by atoms with Crippen LogP contribution >= 0.6 is 0 Å². The molecule has 150 valence electrons. The fraction of sp³-hybridized carbons (Fsp3) is 0.143. The standard InChI is InChI=1S/C28H23N2O/c1-17-9-11-21(19(3)14-17)23-15-20(29-4)16-25-27(23)22-12-10-18(2)26(28(22)31-25)24-8-6-7-13-30(24)5/h6-16H,1-3,5H3/q+1. The van der Waals surface area contributed by atoms with Crippen molar-refractivity contribution >= 4 is 27.6 Å². The van der Waals surface area contributed by atoms with E-state index < -0.39 is 0 Å². The summed E-state index contributed by atoms with van der Waals surface area (Å²) in [6.07, 6.45) is 2.05. The molecule has 2 heterocycles. The maximum Gasteiger partial charge on any atom is 0.216 e. The van der Waals surface area contributed by atoms with E-state index in [2.05, 4.69) is 85.9 Å². The maximum absolute atomic E-state index is 7.62. The number of nitrogens with zero attached hydrogens (tertiary/aromatic N) is 2. The molecule has 3 nitrogen and oxygen atoms in total. The highest BCUT2D eigenvalue weighted by Gasteiger charge is 2.22. The van der Waals surface area contributed by atoms with E-state index in [1.165, 1.54) is 11.1 Å². The van der Waals surface area contributed by atoms with Gasteiger partial charge in [0.25, 0.3) is 0 Å². The van der Waals surface area contributed by atoms with E-state index in [-0.39, 0.29) is 0 Å². The maximum atomic E-state index is 7.62. The Morgan fingerprint density at radius 3 is 2.45 bits per heavy atom. The van der Waals surface area contributed by atoms with Crippen LogP contribution in [0.1, 0.15) is 16.7 Å². The molecule has 0 saturated carbocycles. The third-order valence-electron chi connectivity index (χ3n) is 6.05. The van der Waals surface area contributed by atoms with Crippen LogP contribution in [-0.4, -0.2) is 0 Å². The molecule has 0 atom stereocenters. The smallest absolute Gasteiger partial charge is 0.216 e. The van der Waals surface area contributed by atoms with Crippen LogP contribution < -0.4 is 4.57 Å². The normalized spacial score (nSPS) is 11.2. The number of pyridine rings is 1. The largest absolute Gasteiger partial charge is 0.456 e. The summed E-state index contributed by atoms with van der Waals surface area (Å²) >= 11 is 0. The van der Waals surface area contributed by atoms with Gasteiger partial charge in [0.15, 0.2) is 11.9 Å². The van der Waals surface area contributed by atoms with Gasteiger partial charge in [-0.1, -0.05) is 35.9 Å². The molecule has 3 heteroatoms. The highest BCUT2D eigenvalue weighted by molar-refractivity contribution is 6.16. The molecule has 5 aromatic rings. The molecule has 0 N–H and O–H groups in total. The summed E-state index contributed by atoms with van der Waals surface area (Å²) in [4.78, 5) is 3.72. The van der Waals surface area contributed by atoms with Crippen LogP contribution in [0.5, 0.6) is 0 Å². The van der Waals surface area contributed by atoms with Crippen molar-refractivity contribution in [1.82, 2.24) is 0 Å². The average molecular weight is 404 g/mol. The van der Waals surface area contributed by atoms with Gasteiger partial charge in [-0.15, -0.1) is 0 Å². The van der Waals surface area contributed by atoms with Crippen molar-refractivity contribution in [3.63, 3.8) is 0 Å². The van der Waals surface area contributed by atoms with Crippen molar-refractivity contribution in [2.45, 2.75) is 20.8 Å². The number of fused-ring (bicyclic) bond motifs is 3. The van der Waals surface area contributed by atoms with Crippen molar-refractivity contribution < 1.29 is 8.98 Å². The van der Waals surface area contributed by atoms with Crippen molar-refractivity contribution in [2.75, 3.05) is 0 Å². The first-order valence-corrected chi connectivity index (χ1v) is 10.4. The Labute approximate surface area is 182 Å². The topological polar surface area (TPSA) is 21.4 Å². The van der Waals surface area contributed by atoms with Crippen LogP contribution in [0.4, 0.5) is 5.69 Å². The number of aryl methyl sites for hydroxylation is 4. The van der Waals surface area contributed by atoms with Gasteiger partial charge < -0.3 is 4.42 Å². The molecule has 0 amide bonds. The second kappa shape index (κ2) is 7.11. The Hall–Kier alpha value is -3.90. The minimum Gasteiger partial charge on any atom is -0.456 e. The Morgan fingerprint density at radius 2 is 1.71 bits per heavy atom. The lowest BCUT2D eigenvalue weighted by Crippen LogP contribution is -2.30. The zero-order chi connectivity index (χ0) is 21.7.